The van der Waals surface area contributed by atoms with E-state index in [-0.39, 0.29) is 10.8 Å². The number of sulfonamides is 1. The highest BCUT2D eigenvalue weighted by Crippen LogP contribution is 2.36. The van der Waals surface area contributed by atoms with Gasteiger partial charge in [0.2, 0.25) is 15.9 Å². The summed E-state index contributed by atoms with van der Waals surface area (Å²) in [6, 6.07) is 12.1. The Balaban J connectivity index is 1.23. The molecule has 2 aromatic rings. The van der Waals surface area contributed by atoms with Crippen LogP contribution in [-0.2, 0) is 26.0 Å². The van der Waals surface area contributed by atoms with Crippen molar-refractivity contribution in [2.24, 2.45) is 5.16 Å². The molecule has 4 rings (SSSR count). The zero-order valence-electron chi connectivity index (χ0n) is 18.6. The van der Waals surface area contributed by atoms with Crippen LogP contribution in [0, 0.1) is 6.92 Å². The molecule has 2 aliphatic rings. The van der Waals surface area contributed by atoms with Crippen molar-refractivity contribution in [3.63, 3.8) is 0 Å². The van der Waals surface area contributed by atoms with Crippen molar-refractivity contribution in [3.8, 4) is 0 Å². The van der Waals surface area contributed by atoms with Crippen molar-refractivity contribution in [2.75, 3.05) is 19.6 Å². The number of carbonyl (C=O) groups is 1. The van der Waals surface area contributed by atoms with E-state index in [0.717, 1.165) is 11.1 Å². The Bertz CT molecular complexity index is 1190. The van der Waals surface area contributed by atoms with Gasteiger partial charge in [-0.2, -0.15) is 4.31 Å². The van der Waals surface area contributed by atoms with Crippen molar-refractivity contribution in [1.29, 1.82) is 0 Å². The molecule has 8 nitrogen and oxygen atoms in total. The molecule has 2 aromatic carbocycles. The van der Waals surface area contributed by atoms with Crippen molar-refractivity contribution in [1.82, 2.24) is 9.62 Å². The van der Waals surface area contributed by atoms with E-state index >= 15 is 0 Å². The second-order valence-electron chi connectivity index (χ2n) is 8.47. The van der Waals surface area contributed by atoms with Crippen molar-refractivity contribution < 1.29 is 22.8 Å². The number of nitrogens with one attached hydrogen (secondary N) is 1. The van der Waals surface area contributed by atoms with Crippen LogP contribution in [0.2, 0.25) is 10.0 Å². The number of rotatable bonds is 5. The number of ether oxygens (including phenoxy) is 1. The normalized spacial score (nSPS) is 17.8. The molecule has 182 valence electrons. The Morgan fingerprint density at radius 1 is 1.15 bits per heavy atom. The summed E-state index contributed by atoms with van der Waals surface area (Å²) in [5.41, 5.74) is 1.27. The monoisotopic (exact) mass is 525 g/mol. The largest absolute Gasteiger partial charge is 0.413 e. The van der Waals surface area contributed by atoms with Crippen LogP contribution in [0.3, 0.4) is 0 Å². The smallest absolute Gasteiger partial charge is 0.392 e. The van der Waals surface area contributed by atoms with Crippen LogP contribution in [-0.4, -0.2) is 49.9 Å². The van der Waals surface area contributed by atoms with Gasteiger partial charge in [-0.15, -0.1) is 0 Å². The molecule has 0 unspecified atom stereocenters. The predicted octanol–water partition coefficient (Wildman–Crippen LogP) is 4.53. The number of hydrogen-bond donors (Lipinski definition) is 1. The first kappa shape index (κ1) is 24.8. The fraction of sp³-hybridized carbons (Fsp3) is 0.391. The molecule has 0 aliphatic carbocycles. The third kappa shape index (κ3) is 5.66. The zero-order valence-corrected chi connectivity index (χ0v) is 20.9. The lowest BCUT2D eigenvalue weighted by molar-refractivity contribution is -0.0506. The number of amides is 1. The highest BCUT2D eigenvalue weighted by atomic mass is 35.5. The lowest BCUT2D eigenvalue weighted by atomic mass is 9.89. The van der Waals surface area contributed by atoms with Gasteiger partial charge in [0.15, 0.2) is 0 Å². The number of hydrogen-bond acceptors (Lipinski definition) is 6. The first-order chi connectivity index (χ1) is 16.2. The van der Waals surface area contributed by atoms with E-state index in [2.05, 4.69) is 10.5 Å². The third-order valence-electron chi connectivity index (χ3n) is 5.98. The van der Waals surface area contributed by atoms with E-state index in [9.17, 15) is 13.2 Å². The van der Waals surface area contributed by atoms with Gasteiger partial charge in [-0.25, -0.2) is 13.2 Å². The Hall–Kier alpha value is -2.33. The van der Waals surface area contributed by atoms with E-state index in [0.29, 0.717) is 55.4 Å². The Morgan fingerprint density at radius 3 is 2.53 bits per heavy atom. The van der Waals surface area contributed by atoms with Crippen molar-refractivity contribution in [3.05, 3.63) is 63.6 Å². The fourth-order valence-corrected chi connectivity index (χ4v) is 5.71. The van der Waals surface area contributed by atoms with Crippen LogP contribution >= 0.6 is 23.2 Å². The number of carbonyl (C=O) groups excluding carboxylic acids is 1. The van der Waals surface area contributed by atoms with Gasteiger partial charge in [-0.1, -0.05) is 52.1 Å². The van der Waals surface area contributed by atoms with Gasteiger partial charge in [0.1, 0.15) is 5.60 Å². The minimum atomic E-state index is -3.57. The topological polar surface area (TPSA) is 97.3 Å². The fourth-order valence-electron chi connectivity index (χ4n) is 3.95. The van der Waals surface area contributed by atoms with E-state index in [4.69, 9.17) is 32.8 Å². The van der Waals surface area contributed by atoms with Crippen LogP contribution in [0.4, 0.5) is 4.79 Å². The number of piperidine rings is 1. The quantitative estimate of drug-likeness (QED) is 0.618. The van der Waals surface area contributed by atoms with Gasteiger partial charge in [-0.3, -0.25) is 0 Å². The Morgan fingerprint density at radius 2 is 1.85 bits per heavy atom. The highest BCUT2D eigenvalue weighted by molar-refractivity contribution is 7.89. The molecule has 11 heteroatoms. The molecule has 0 atom stereocenters. The average molecular weight is 526 g/mol. The maximum Gasteiger partial charge on any atom is 0.413 e. The number of oxime groups is 1. The molecule has 1 fully saturated rings. The maximum absolute atomic E-state index is 12.9. The van der Waals surface area contributed by atoms with Crippen LogP contribution < -0.4 is 5.32 Å². The van der Waals surface area contributed by atoms with E-state index < -0.39 is 21.7 Å². The first-order valence-electron chi connectivity index (χ1n) is 10.9. The Kier molecular flexibility index (Phi) is 7.37. The third-order valence-corrected chi connectivity index (χ3v) is 8.64. The number of halogens is 2. The summed E-state index contributed by atoms with van der Waals surface area (Å²) < 4.78 is 32.6. The molecular formula is C23H25Cl2N3O5S. The predicted molar refractivity (Wildman–Crippen MR) is 130 cm³/mol. The molecule has 2 heterocycles. The lowest BCUT2D eigenvalue weighted by Gasteiger charge is -2.36. The molecule has 34 heavy (non-hydrogen) atoms. The second-order valence-corrected chi connectivity index (χ2v) is 11.2. The average Bonchev–Trinajstić information content (AvgIpc) is 3.18. The number of benzene rings is 2. The molecule has 1 saturated heterocycles. The minimum Gasteiger partial charge on any atom is -0.392 e. The van der Waals surface area contributed by atoms with Crippen molar-refractivity contribution >= 4 is 45.2 Å². The summed E-state index contributed by atoms with van der Waals surface area (Å²) >= 11 is 11.9. The standard InChI is InChI=1S/C23H25Cl2N3O5S/c1-16-2-5-18(6-3-16)34(30,31)28-12-9-23(10-13-28)15-21(27-33-23)32-22(29)26-11-8-17-4-7-19(24)20(25)14-17/h2-7,14H,8-13,15H2,1H3,(H,26,29). The van der Waals surface area contributed by atoms with Gasteiger partial charge >= 0.3 is 6.09 Å². The van der Waals surface area contributed by atoms with Gasteiger partial charge in [0, 0.05) is 32.5 Å². The number of alkyl carbamates (subject to hydrolysis) is 1. The zero-order chi connectivity index (χ0) is 24.3. The Labute approximate surface area is 208 Å². The summed E-state index contributed by atoms with van der Waals surface area (Å²) in [5.74, 6) is 0.182. The highest BCUT2D eigenvalue weighted by Gasteiger charge is 2.45. The molecule has 1 amide bonds. The van der Waals surface area contributed by atoms with Crippen LogP contribution in [0.1, 0.15) is 30.4 Å². The molecular weight excluding hydrogens is 501 g/mol. The summed E-state index contributed by atoms with van der Waals surface area (Å²) in [5, 5.41) is 7.54. The molecule has 1 N–H and O–H groups in total. The van der Waals surface area contributed by atoms with Gasteiger partial charge < -0.3 is 14.9 Å². The van der Waals surface area contributed by atoms with E-state index in [1.807, 2.05) is 13.0 Å². The second kappa shape index (κ2) is 10.1. The summed E-state index contributed by atoms with van der Waals surface area (Å²) in [6.45, 7) is 2.86. The van der Waals surface area contributed by atoms with E-state index in [1.54, 1.807) is 36.4 Å². The molecule has 1 spiro atoms. The van der Waals surface area contributed by atoms with Gasteiger partial charge in [-0.05, 0) is 43.2 Å². The first-order valence-corrected chi connectivity index (χ1v) is 13.1. The molecule has 0 radical (unpaired) electrons. The molecule has 0 aromatic heterocycles. The summed E-state index contributed by atoms with van der Waals surface area (Å²) in [7, 11) is -3.57. The van der Waals surface area contributed by atoms with Gasteiger partial charge in [0.25, 0.3) is 0 Å². The summed E-state index contributed by atoms with van der Waals surface area (Å²) in [4.78, 5) is 18.0. The summed E-state index contributed by atoms with van der Waals surface area (Å²) in [6.07, 6.45) is 1.15. The molecule has 0 bridgehead atoms. The number of aryl methyl sites for hydroxylation is 1. The number of nitrogens with zero attached hydrogens (tertiary/aromatic N) is 2. The minimum absolute atomic E-state index is 0.182. The van der Waals surface area contributed by atoms with Crippen LogP contribution in [0.15, 0.2) is 52.5 Å². The van der Waals surface area contributed by atoms with Crippen LogP contribution in [0.25, 0.3) is 0 Å². The molecule has 2 aliphatic heterocycles. The SMILES string of the molecule is Cc1ccc(S(=O)(=O)N2CCC3(CC2)CC(OC(=O)NCCc2ccc(Cl)c(Cl)c2)=NO3)cc1. The molecule has 0 saturated carbocycles. The lowest BCUT2D eigenvalue weighted by Crippen LogP contribution is -2.46. The van der Waals surface area contributed by atoms with Crippen LogP contribution in [0.5, 0.6) is 0 Å². The maximum atomic E-state index is 12.9. The van der Waals surface area contributed by atoms with E-state index in [1.165, 1.54) is 4.31 Å². The van der Waals surface area contributed by atoms with Crippen molar-refractivity contribution in [2.45, 2.75) is 43.1 Å². The van der Waals surface area contributed by atoms with Gasteiger partial charge in [0.05, 0.1) is 21.4 Å².